The van der Waals surface area contributed by atoms with Crippen molar-refractivity contribution in [1.29, 1.82) is 0 Å². The highest BCUT2D eigenvalue weighted by Crippen LogP contribution is 2.44. The average Bonchev–Trinajstić information content (AvgIpc) is 3.26. The zero-order valence-electron chi connectivity index (χ0n) is 14.9. The van der Waals surface area contributed by atoms with E-state index in [1.165, 1.54) is 11.3 Å². The molecule has 0 aromatic carbocycles. The molecular formula is C20H21N5O. The number of fused-ring (bicyclic) bond motifs is 3. The Morgan fingerprint density at radius 2 is 2.15 bits per heavy atom. The number of rotatable bonds is 1. The lowest BCUT2D eigenvalue weighted by atomic mass is 9.77. The van der Waals surface area contributed by atoms with Gasteiger partial charge >= 0.3 is 0 Å². The Labute approximate surface area is 151 Å². The fourth-order valence-electron chi connectivity index (χ4n) is 4.56. The molecule has 2 aliphatic rings. The van der Waals surface area contributed by atoms with Gasteiger partial charge in [-0.15, -0.1) is 0 Å². The van der Waals surface area contributed by atoms with Crippen molar-refractivity contribution in [3.63, 3.8) is 0 Å². The average molecular weight is 347 g/mol. The van der Waals surface area contributed by atoms with Crippen LogP contribution >= 0.6 is 0 Å². The van der Waals surface area contributed by atoms with E-state index in [2.05, 4.69) is 9.97 Å². The minimum absolute atomic E-state index is 0.00392. The summed E-state index contributed by atoms with van der Waals surface area (Å²) in [5, 5.41) is 0. The molecule has 1 aliphatic heterocycles. The Hall–Kier alpha value is -2.76. The lowest BCUT2D eigenvalue weighted by Gasteiger charge is -2.40. The van der Waals surface area contributed by atoms with Crippen LogP contribution in [0.5, 0.6) is 0 Å². The molecule has 132 valence electrons. The molecule has 4 heterocycles. The number of carbonyl (C=O) groups is 1. The highest BCUT2D eigenvalue weighted by atomic mass is 16.2. The smallest absolute Gasteiger partial charge is 0.255 e. The monoisotopic (exact) mass is 347 g/mol. The van der Waals surface area contributed by atoms with Crippen LogP contribution in [0.15, 0.2) is 36.9 Å². The number of nitrogens with zero attached hydrogens (tertiary/aromatic N) is 5. The zero-order valence-corrected chi connectivity index (χ0v) is 14.9. The number of pyridine rings is 1. The molecule has 1 atom stereocenters. The standard InChI is InChI=1S/C20H21N5O/c1-14-22-11-15-5-7-20(18(15)23-14)6-2-9-25(13-20)19(26)16-3-4-17-21-8-10-24(17)12-16/h3-4,8,10-12H,2,5-7,9,13H2,1H3. The minimum atomic E-state index is -0.00392. The SMILES string of the molecule is Cc1ncc2c(n1)C1(CCCN(C(=O)c3ccc4nccn4c3)C1)CC2. The van der Waals surface area contributed by atoms with Crippen LogP contribution in [-0.2, 0) is 11.8 Å². The molecule has 3 aromatic rings. The summed E-state index contributed by atoms with van der Waals surface area (Å²) in [6.07, 6.45) is 11.7. The van der Waals surface area contributed by atoms with E-state index in [1.807, 2.05) is 46.9 Å². The molecule has 1 amide bonds. The Morgan fingerprint density at radius 1 is 1.23 bits per heavy atom. The summed E-state index contributed by atoms with van der Waals surface area (Å²) in [5.41, 5.74) is 3.99. The third-order valence-corrected chi connectivity index (χ3v) is 5.86. The van der Waals surface area contributed by atoms with E-state index < -0.39 is 0 Å². The van der Waals surface area contributed by atoms with Crippen LogP contribution in [0.4, 0.5) is 0 Å². The highest BCUT2D eigenvalue weighted by molar-refractivity contribution is 5.94. The van der Waals surface area contributed by atoms with Crippen molar-refractivity contribution in [1.82, 2.24) is 24.3 Å². The van der Waals surface area contributed by atoms with Crippen molar-refractivity contribution in [3.8, 4) is 0 Å². The number of imidazole rings is 1. The molecule has 6 heteroatoms. The van der Waals surface area contributed by atoms with E-state index in [1.54, 1.807) is 6.20 Å². The quantitative estimate of drug-likeness (QED) is 0.679. The second-order valence-electron chi connectivity index (χ2n) is 7.51. The van der Waals surface area contributed by atoms with Gasteiger partial charge in [-0.1, -0.05) is 0 Å². The van der Waals surface area contributed by atoms with Crippen molar-refractivity contribution < 1.29 is 4.79 Å². The Bertz CT molecular complexity index is 1010. The van der Waals surface area contributed by atoms with Gasteiger partial charge in [0.15, 0.2) is 0 Å². The second-order valence-corrected chi connectivity index (χ2v) is 7.51. The van der Waals surface area contributed by atoms with Crippen LogP contribution in [0.1, 0.15) is 46.7 Å². The van der Waals surface area contributed by atoms with Gasteiger partial charge in [0.1, 0.15) is 11.5 Å². The van der Waals surface area contributed by atoms with Crippen molar-refractivity contribution in [2.24, 2.45) is 0 Å². The first kappa shape index (κ1) is 15.5. The molecule has 1 spiro atoms. The Morgan fingerprint density at radius 3 is 3.08 bits per heavy atom. The number of hydrogen-bond donors (Lipinski definition) is 0. The summed E-state index contributed by atoms with van der Waals surface area (Å²) in [6.45, 7) is 3.50. The third-order valence-electron chi connectivity index (χ3n) is 5.86. The van der Waals surface area contributed by atoms with Gasteiger partial charge in [-0.05, 0) is 50.3 Å². The van der Waals surface area contributed by atoms with Gasteiger partial charge in [0.2, 0.25) is 0 Å². The Kier molecular flexibility index (Phi) is 3.35. The van der Waals surface area contributed by atoms with Crippen LogP contribution in [0.25, 0.3) is 5.65 Å². The van der Waals surface area contributed by atoms with E-state index in [0.717, 1.165) is 50.2 Å². The van der Waals surface area contributed by atoms with Crippen molar-refractivity contribution in [2.75, 3.05) is 13.1 Å². The predicted octanol–water partition coefficient (Wildman–Crippen LogP) is 2.55. The molecule has 3 aromatic heterocycles. The zero-order chi connectivity index (χ0) is 17.7. The summed E-state index contributed by atoms with van der Waals surface area (Å²) in [5.74, 6) is 0.915. The number of aromatic nitrogens is 4. The molecule has 1 fully saturated rings. The fraction of sp³-hybridized carbons (Fsp3) is 0.400. The minimum Gasteiger partial charge on any atom is -0.338 e. The second kappa shape index (κ2) is 5.62. The normalized spacial score (nSPS) is 22.1. The number of hydrogen-bond acceptors (Lipinski definition) is 4. The van der Waals surface area contributed by atoms with Gasteiger partial charge in [0, 0.05) is 43.3 Å². The summed E-state index contributed by atoms with van der Waals surface area (Å²) < 4.78 is 1.90. The lowest BCUT2D eigenvalue weighted by molar-refractivity contribution is 0.0633. The summed E-state index contributed by atoms with van der Waals surface area (Å²) in [7, 11) is 0. The van der Waals surface area contributed by atoms with Gasteiger partial charge < -0.3 is 9.30 Å². The first-order chi connectivity index (χ1) is 12.6. The summed E-state index contributed by atoms with van der Waals surface area (Å²) >= 11 is 0. The number of carbonyl (C=O) groups excluding carboxylic acids is 1. The molecule has 1 aliphatic carbocycles. The Balaban J connectivity index is 1.46. The van der Waals surface area contributed by atoms with Crippen molar-refractivity contribution in [3.05, 3.63) is 59.6 Å². The van der Waals surface area contributed by atoms with Gasteiger partial charge in [0.05, 0.1) is 11.3 Å². The fourth-order valence-corrected chi connectivity index (χ4v) is 4.56. The number of likely N-dealkylation sites (tertiary alicyclic amines) is 1. The molecule has 0 bridgehead atoms. The number of piperidine rings is 1. The van der Waals surface area contributed by atoms with Crippen LogP contribution in [0.3, 0.4) is 0 Å². The summed E-state index contributed by atoms with van der Waals surface area (Å²) in [6, 6.07) is 3.77. The van der Waals surface area contributed by atoms with Crippen LogP contribution in [0.2, 0.25) is 0 Å². The maximum absolute atomic E-state index is 13.1. The molecule has 5 rings (SSSR count). The maximum atomic E-state index is 13.1. The third kappa shape index (κ3) is 2.32. The molecule has 1 saturated heterocycles. The van der Waals surface area contributed by atoms with E-state index in [9.17, 15) is 4.79 Å². The van der Waals surface area contributed by atoms with Gasteiger partial charge in [-0.3, -0.25) is 4.79 Å². The molecule has 0 saturated carbocycles. The van der Waals surface area contributed by atoms with Crippen molar-refractivity contribution in [2.45, 2.75) is 38.0 Å². The lowest BCUT2D eigenvalue weighted by Crippen LogP contribution is -2.48. The first-order valence-electron chi connectivity index (χ1n) is 9.20. The summed E-state index contributed by atoms with van der Waals surface area (Å²) in [4.78, 5) is 28.5. The van der Waals surface area contributed by atoms with E-state index >= 15 is 0 Å². The van der Waals surface area contributed by atoms with Gasteiger partial charge in [-0.25, -0.2) is 15.0 Å². The van der Waals surface area contributed by atoms with Crippen LogP contribution < -0.4 is 0 Å². The highest BCUT2D eigenvalue weighted by Gasteiger charge is 2.44. The van der Waals surface area contributed by atoms with E-state index in [-0.39, 0.29) is 11.3 Å². The van der Waals surface area contributed by atoms with Crippen LogP contribution in [-0.4, -0.2) is 43.2 Å². The molecule has 6 nitrogen and oxygen atoms in total. The maximum Gasteiger partial charge on any atom is 0.255 e. The van der Waals surface area contributed by atoms with Crippen molar-refractivity contribution >= 4 is 11.6 Å². The van der Waals surface area contributed by atoms with E-state index in [0.29, 0.717) is 5.56 Å². The molecular weight excluding hydrogens is 326 g/mol. The largest absolute Gasteiger partial charge is 0.338 e. The van der Waals surface area contributed by atoms with Gasteiger partial charge in [-0.2, -0.15) is 0 Å². The van der Waals surface area contributed by atoms with Crippen LogP contribution in [0, 0.1) is 6.92 Å². The van der Waals surface area contributed by atoms with Gasteiger partial charge in [0.25, 0.3) is 5.91 Å². The molecule has 1 unspecified atom stereocenters. The van der Waals surface area contributed by atoms with E-state index in [4.69, 9.17) is 4.98 Å². The number of amides is 1. The topological polar surface area (TPSA) is 63.4 Å². The molecule has 26 heavy (non-hydrogen) atoms. The first-order valence-corrected chi connectivity index (χ1v) is 9.20. The molecule has 0 N–H and O–H groups in total. The predicted molar refractivity (Wildman–Crippen MR) is 97.1 cm³/mol. The molecule has 0 radical (unpaired) electrons. The number of aryl methyl sites for hydroxylation is 2.